The van der Waals surface area contributed by atoms with Gasteiger partial charge in [0, 0.05) is 6.20 Å². The number of aromatic nitrogens is 1. The molecular weight excluding hydrogens is 244 g/mol. The van der Waals surface area contributed by atoms with E-state index in [1.165, 1.54) is 0 Å². The molecule has 19 heavy (non-hydrogen) atoms. The van der Waals surface area contributed by atoms with Crippen molar-refractivity contribution in [1.29, 1.82) is 0 Å². The maximum absolute atomic E-state index is 11.9. The molecule has 104 valence electrons. The van der Waals surface area contributed by atoms with E-state index in [0.717, 1.165) is 17.7 Å². The number of pyridine rings is 1. The Hall–Kier alpha value is -2.11. The quantitative estimate of drug-likeness (QED) is 0.309. The van der Waals surface area contributed by atoms with Crippen LogP contribution in [0.15, 0.2) is 23.5 Å². The summed E-state index contributed by atoms with van der Waals surface area (Å²) in [5.41, 5.74) is 7.41. The summed E-state index contributed by atoms with van der Waals surface area (Å²) in [5, 5.41) is 14.3. The molecule has 4 N–H and O–H groups in total. The zero-order chi connectivity index (χ0) is 14.3. The molecule has 6 heteroatoms. The molecule has 0 saturated heterocycles. The van der Waals surface area contributed by atoms with E-state index in [-0.39, 0.29) is 11.7 Å². The molecule has 1 unspecified atom stereocenters. The van der Waals surface area contributed by atoms with Crippen molar-refractivity contribution in [2.24, 2.45) is 16.8 Å². The molecular formula is C13H20N4O2. The Bertz CT molecular complexity index is 460. The molecule has 1 amide bonds. The third-order valence-electron chi connectivity index (χ3n) is 2.99. The minimum Gasteiger partial charge on any atom is -0.409 e. The third kappa shape index (κ3) is 3.94. The highest BCUT2D eigenvalue weighted by molar-refractivity contribution is 6.01. The van der Waals surface area contributed by atoms with Gasteiger partial charge in [0.1, 0.15) is 0 Å². The third-order valence-corrected chi connectivity index (χ3v) is 2.99. The number of hydrogen-bond acceptors (Lipinski definition) is 4. The minimum atomic E-state index is -0.612. The fraction of sp³-hybridized carbons (Fsp3) is 0.462. The highest BCUT2D eigenvalue weighted by Gasteiger charge is 2.21. The molecule has 0 aliphatic carbocycles. The fourth-order valence-corrected chi connectivity index (χ4v) is 1.84. The van der Waals surface area contributed by atoms with E-state index >= 15 is 0 Å². The van der Waals surface area contributed by atoms with E-state index in [1.54, 1.807) is 13.1 Å². The number of oxime groups is 1. The molecule has 6 nitrogen and oxygen atoms in total. The molecule has 0 aliphatic rings. The van der Waals surface area contributed by atoms with E-state index in [2.05, 4.69) is 15.5 Å². The number of aryl methyl sites for hydroxylation is 1. The van der Waals surface area contributed by atoms with Gasteiger partial charge in [-0.2, -0.15) is 0 Å². The van der Waals surface area contributed by atoms with Crippen LogP contribution in [0, 0.1) is 5.92 Å². The number of carbonyl (C=O) groups excluding carboxylic acids is 1. The van der Waals surface area contributed by atoms with Crippen molar-refractivity contribution in [2.75, 3.05) is 0 Å². The summed E-state index contributed by atoms with van der Waals surface area (Å²) in [5.74, 6) is -0.943. The number of nitrogens with two attached hydrogens (primary N) is 1. The zero-order valence-corrected chi connectivity index (χ0v) is 11.3. The van der Waals surface area contributed by atoms with Crippen molar-refractivity contribution in [1.82, 2.24) is 10.3 Å². The van der Waals surface area contributed by atoms with Gasteiger partial charge in [0.15, 0.2) is 5.84 Å². The van der Waals surface area contributed by atoms with Gasteiger partial charge in [-0.05, 0) is 24.5 Å². The van der Waals surface area contributed by atoms with Gasteiger partial charge in [-0.3, -0.25) is 9.78 Å². The fourth-order valence-electron chi connectivity index (χ4n) is 1.84. The number of carbonyl (C=O) groups is 1. The lowest BCUT2D eigenvalue weighted by atomic mass is 10.0. The molecule has 0 aliphatic heterocycles. The van der Waals surface area contributed by atoms with Crippen LogP contribution >= 0.6 is 0 Å². The van der Waals surface area contributed by atoms with E-state index < -0.39 is 5.92 Å². The Balaban J connectivity index is 2.68. The standard InChI is InChI=1S/C13H20N4O2/c1-3-9-6-5-7-15-11(9)8-16-13(18)10(4-2)12(14)17-19/h5-7,10,19H,3-4,8H2,1-2H3,(H2,14,17)(H,16,18). The van der Waals surface area contributed by atoms with E-state index in [1.807, 2.05) is 19.1 Å². The summed E-state index contributed by atoms with van der Waals surface area (Å²) < 4.78 is 0. The summed E-state index contributed by atoms with van der Waals surface area (Å²) >= 11 is 0. The van der Waals surface area contributed by atoms with Gasteiger partial charge in [-0.25, -0.2) is 0 Å². The largest absolute Gasteiger partial charge is 0.409 e. The smallest absolute Gasteiger partial charge is 0.231 e. The van der Waals surface area contributed by atoms with Crippen molar-refractivity contribution < 1.29 is 10.0 Å². The molecule has 1 rings (SSSR count). The van der Waals surface area contributed by atoms with Gasteiger partial charge in [-0.1, -0.05) is 25.1 Å². The Labute approximate surface area is 112 Å². The van der Waals surface area contributed by atoms with Crippen molar-refractivity contribution in [3.63, 3.8) is 0 Å². The first-order valence-corrected chi connectivity index (χ1v) is 6.31. The van der Waals surface area contributed by atoms with Crippen LogP contribution in [0.3, 0.4) is 0 Å². The van der Waals surface area contributed by atoms with Gasteiger partial charge in [0.25, 0.3) is 0 Å². The SMILES string of the molecule is CCc1cccnc1CNC(=O)C(CC)/C(N)=N/O. The number of rotatable bonds is 6. The second-order valence-electron chi connectivity index (χ2n) is 4.17. The van der Waals surface area contributed by atoms with E-state index in [0.29, 0.717) is 13.0 Å². The van der Waals surface area contributed by atoms with E-state index in [4.69, 9.17) is 10.9 Å². The lowest BCUT2D eigenvalue weighted by Crippen LogP contribution is -2.38. The number of nitrogens with zero attached hydrogens (tertiary/aromatic N) is 2. The Kier molecular flexibility index (Phi) is 5.78. The van der Waals surface area contributed by atoms with Crippen molar-refractivity contribution >= 4 is 11.7 Å². The maximum Gasteiger partial charge on any atom is 0.231 e. The maximum atomic E-state index is 11.9. The van der Waals surface area contributed by atoms with Crippen LogP contribution < -0.4 is 11.1 Å². The number of hydrogen-bond donors (Lipinski definition) is 3. The van der Waals surface area contributed by atoms with Crippen LogP contribution in [0.2, 0.25) is 0 Å². The molecule has 0 spiro atoms. The monoisotopic (exact) mass is 264 g/mol. The highest BCUT2D eigenvalue weighted by atomic mass is 16.4. The topological polar surface area (TPSA) is 101 Å². The first-order chi connectivity index (χ1) is 9.13. The average molecular weight is 264 g/mol. The zero-order valence-electron chi connectivity index (χ0n) is 11.3. The molecule has 1 atom stereocenters. The van der Waals surface area contributed by atoms with Gasteiger partial charge in [0.05, 0.1) is 18.2 Å². The molecule has 0 saturated carbocycles. The predicted octanol–water partition coefficient (Wildman–Crippen LogP) is 1.03. The lowest BCUT2D eigenvalue weighted by Gasteiger charge is -2.14. The summed E-state index contributed by atoms with van der Waals surface area (Å²) in [6.07, 6.45) is 3.03. The van der Waals surface area contributed by atoms with Crippen molar-refractivity contribution in [2.45, 2.75) is 33.2 Å². The highest BCUT2D eigenvalue weighted by Crippen LogP contribution is 2.07. The van der Waals surface area contributed by atoms with Gasteiger partial charge in [0.2, 0.25) is 5.91 Å². The normalized spacial score (nSPS) is 13.1. The minimum absolute atomic E-state index is 0.0725. The second kappa shape index (κ2) is 7.35. The van der Waals surface area contributed by atoms with Gasteiger partial charge < -0.3 is 16.3 Å². The summed E-state index contributed by atoms with van der Waals surface area (Å²) in [6, 6.07) is 3.85. The molecule has 0 aromatic carbocycles. The van der Waals surface area contributed by atoms with Crippen molar-refractivity contribution in [3.8, 4) is 0 Å². The molecule has 0 radical (unpaired) electrons. The van der Waals surface area contributed by atoms with Gasteiger partial charge in [-0.15, -0.1) is 0 Å². The first kappa shape index (κ1) is 14.9. The van der Waals surface area contributed by atoms with Crippen LogP contribution in [0.1, 0.15) is 31.5 Å². The summed E-state index contributed by atoms with van der Waals surface area (Å²) in [4.78, 5) is 16.2. The Morgan fingerprint density at radius 3 is 2.89 bits per heavy atom. The van der Waals surface area contributed by atoms with Crippen LogP contribution in [-0.4, -0.2) is 21.9 Å². The molecule has 1 aromatic rings. The van der Waals surface area contributed by atoms with Crippen molar-refractivity contribution in [3.05, 3.63) is 29.6 Å². The Morgan fingerprint density at radius 1 is 1.58 bits per heavy atom. The Morgan fingerprint density at radius 2 is 2.32 bits per heavy atom. The molecule has 0 fully saturated rings. The second-order valence-corrected chi connectivity index (χ2v) is 4.17. The average Bonchev–Trinajstić information content (AvgIpc) is 2.45. The van der Waals surface area contributed by atoms with Gasteiger partial charge >= 0.3 is 0 Å². The predicted molar refractivity (Wildman–Crippen MR) is 72.7 cm³/mol. The first-order valence-electron chi connectivity index (χ1n) is 6.31. The van der Waals surface area contributed by atoms with Crippen LogP contribution in [0.25, 0.3) is 0 Å². The molecule has 0 bridgehead atoms. The summed E-state index contributed by atoms with van der Waals surface area (Å²) in [6.45, 7) is 4.19. The molecule has 1 heterocycles. The van der Waals surface area contributed by atoms with E-state index in [9.17, 15) is 4.79 Å². The summed E-state index contributed by atoms with van der Waals surface area (Å²) in [7, 11) is 0. The molecule has 1 aromatic heterocycles. The van der Waals surface area contributed by atoms with Crippen LogP contribution in [0.4, 0.5) is 0 Å². The van der Waals surface area contributed by atoms with Crippen LogP contribution in [-0.2, 0) is 17.8 Å². The van der Waals surface area contributed by atoms with Crippen LogP contribution in [0.5, 0.6) is 0 Å². The number of amidine groups is 1. The number of amides is 1. The number of nitrogens with one attached hydrogen (secondary N) is 1. The lowest BCUT2D eigenvalue weighted by molar-refractivity contribution is -0.123.